The Morgan fingerprint density at radius 1 is 1.07 bits per heavy atom. The number of thiophene rings is 1. The molecule has 4 aromatic rings. The molecule has 0 saturated heterocycles. The SMILES string of the molecule is Cc1nc(-c2ccccc2)sc1C(=O)NNC(=O)CCc1nc(-c2cccs2)no1. The largest absolute Gasteiger partial charge is 0.339 e. The van der Waals surface area contributed by atoms with Gasteiger partial charge in [-0.15, -0.1) is 22.7 Å². The molecule has 0 atom stereocenters. The van der Waals surface area contributed by atoms with Crippen molar-refractivity contribution in [2.75, 3.05) is 0 Å². The number of nitrogens with one attached hydrogen (secondary N) is 2. The number of carbonyl (C=O) groups excluding carboxylic acids is 2. The number of hydrazine groups is 1. The zero-order chi connectivity index (χ0) is 20.9. The van der Waals surface area contributed by atoms with Crippen LogP contribution >= 0.6 is 22.7 Å². The number of hydrogen-bond acceptors (Lipinski definition) is 8. The minimum absolute atomic E-state index is 0.100. The van der Waals surface area contributed by atoms with E-state index < -0.39 is 5.91 Å². The van der Waals surface area contributed by atoms with Crippen LogP contribution in [0, 0.1) is 6.92 Å². The third-order valence-electron chi connectivity index (χ3n) is 4.11. The van der Waals surface area contributed by atoms with E-state index in [1.165, 1.54) is 22.7 Å². The predicted molar refractivity (Wildman–Crippen MR) is 114 cm³/mol. The molecule has 30 heavy (non-hydrogen) atoms. The lowest BCUT2D eigenvalue weighted by Crippen LogP contribution is -2.41. The van der Waals surface area contributed by atoms with E-state index in [0.29, 0.717) is 22.3 Å². The molecule has 0 aliphatic carbocycles. The summed E-state index contributed by atoms with van der Waals surface area (Å²) in [6.45, 7) is 1.76. The van der Waals surface area contributed by atoms with Crippen LogP contribution in [0.25, 0.3) is 21.3 Å². The Morgan fingerprint density at radius 3 is 2.67 bits per heavy atom. The Bertz CT molecular complexity index is 1150. The Hall–Kier alpha value is -3.37. The lowest BCUT2D eigenvalue weighted by molar-refractivity contribution is -0.121. The molecule has 0 unspecified atom stereocenters. The highest BCUT2D eigenvalue weighted by Gasteiger charge is 2.17. The summed E-state index contributed by atoms with van der Waals surface area (Å²) in [5.74, 6) is 0.109. The molecular formula is C20H17N5O3S2. The molecule has 0 aliphatic heterocycles. The fourth-order valence-electron chi connectivity index (χ4n) is 2.64. The Labute approximate surface area is 180 Å². The quantitative estimate of drug-likeness (QED) is 0.444. The van der Waals surface area contributed by atoms with Gasteiger partial charge in [0.1, 0.15) is 9.88 Å². The van der Waals surface area contributed by atoms with Gasteiger partial charge in [0.05, 0.1) is 10.6 Å². The predicted octanol–water partition coefficient (Wildman–Crippen LogP) is 3.62. The van der Waals surface area contributed by atoms with Crippen molar-refractivity contribution in [1.29, 1.82) is 0 Å². The van der Waals surface area contributed by atoms with Crippen LogP contribution in [-0.4, -0.2) is 26.9 Å². The molecule has 152 valence electrons. The first-order valence-electron chi connectivity index (χ1n) is 9.08. The van der Waals surface area contributed by atoms with Gasteiger partial charge in [-0.25, -0.2) is 4.98 Å². The number of hydrogen-bond donors (Lipinski definition) is 2. The van der Waals surface area contributed by atoms with Crippen LogP contribution < -0.4 is 10.9 Å². The first-order valence-corrected chi connectivity index (χ1v) is 10.8. The third kappa shape index (κ3) is 4.61. The van der Waals surface area contributed by atoms with Gasteiger partial charge < -0.3 is 4.52 Å². The van der Waals surface area contributed by atoms with Crippen LogP contribution in [0.5, 0.6) is 0 Å². The second-order valence-electron chi connectivity index (χ2n) is 6.29. The van der Waals surface area contributed by atoms with Crippen molar-refractivity contribution in [2.45, 2.75) is 19.8 Å². The smallest absolute Gasteiger partial charge is 0.281 e. The lowest BCUT2D eigenvalue weighted by Gasteiger charge is -2.05. The van der Waals surface area contributed by atoms with Crippen molar-refractivity contribution in [3.05, 3.63) is 64.3 Å². The molecule has 0 fully saturated rings. The number of amides is 2. The van der Waals surface area contributed by atoms with Crippen molar-refractivity contribution in [3.63, 3.8) is 0 Å². The summed E-state index contributed by atoms with van der Waals surface area (Å²) in [4.78, 5) is 34.6. The minimum atomic E-state index is -0.404. The summed E-state index contributed by atoms with van der Waals surface area (Å²) < 4.78 is 5.17. The summed E-state index contributed by atoms with van der Waals surface area (Å²) in [5, 5.41) is 6.58. The van der Waals surface area contributed by atoms with Crippen LogP contribution in [0.15, 0.2) is 52.4 Å². The van der Waals surface area contributed by atoms with Gasteiger partial charge in [0.2, 0.25) is 17.6 Å². The van der Waals surface area contributed by atoms with Gasteiger partial charge in [-0.05, 0) is 18.4 Å². The first kappa shape index (κ1) is 19.9. The van der Waals surface area contributed by atoms with Gasteiger partial charge in [-0.3, -0.25) is 20.4 Å². The number of aryl methyl sites for hydroxylation is 2. The average Bonchev–Trinajstić information content (AvgIpc) is 3.51. The van der Waals surface area contributed by atoms with E-state index in [0.717, 1.165) is 15.4 Å². The molecule has 10 heteroatoms. The molecule has 0 bridgehead atoms. The fourth-order valence-corrected chi connectivity index (χ4v) is 4.26. The summed E-state index contributed by atoms with van der Waals surface area (Å²) in [6.07, 6.45) is 0.376. The molecule has 0 radical (unpaired) electrons. The van der Waals surface area contributed by atoms with E-state index in [1.54, 1.807) is 6.92 Å². The maximum Gasteiger partial charge on any atom is 0.281 e. The van der Waals surface area contributed by atoms with Gasteiger partial charge >= 0.3 is 0 Å². The second kappa shape index (κ2) is 8.97. The molecule has 0 spiro atoms. The van der Waals surface area contributed by atoms with E-state index >= 15 is 0 Å². The maximum absolute atomic E-state index is 12.4. The van der Waals surface area contributed by atoms with Gasteiger partial charge in [0.15, 0.2) is 0 Å². The van der Waals surface area contributed by atoms with Crippen molar-refractivity contribution < 1.29 is 14.1 Å². The highest BCUT2D eigenvalue weighted by atomic mass is 32.1. The number of carbonyl (C=O) groups is 2. The standard InChI is InChI=1S/C20H17N5O3S2/c1-12-17(30-20(21-12)13-6-3-2-4-7-13)19(27)24-23-15(26)9-10-16-22-18(25-28-16)14-8-5-11-29-14/h2-8,11H,9-10H2,1H3,(H,23,26)(H,24,27). The molecule has 2 N–H and O–H groups in total. The summed E-state index contributed by atoms with van der Waals surface area (Å²) in [5.41, 5.74) is 6.40. The van der Waals surface area contributed by atoms with Crippen LogP contribution in [-0.2, 0) is 11.2 Å². The number of rotatable bonds is 6. The van der Waals surface area contributed by atoms with E-state index in [9.17, 15) is 9.59 Å². The second-order valence-corrected chi connectivity index (χ2v) is 8.24. The van der Waals surface area contributed by atoms with E-state index in [4.69, 9.17) is 4.52 Å². The van der Waals surface area contributed by atoms with Crippen LogP contribution in [0.1, 0.15) is 27.7 Å². The average molecular weight is 440 g/mol. The Morgan fingerprint density at radius 2 is 1.90 bits per heavy atom. The fraction of sp³-hybridized carbons (Fsp3) is 0.150. The first-order chi connectivity index (χ1) is 14.6. The Balaban J connectivity index is 1.29. The molecule has 1 aromatic carbocycles. The highest BCUT2D eigenvalue weighted by molar-refractivity contribution is 7.17. The van der Waals surface area contributed by atoms with Gasteiger partial charge in [0.25, 0.3) is 5.91 Å². The Kier molecular flexibility index (Phi) is 5.96. The van der Waals surface area contributed by atoms with Crippen molar-refractivity contribution in [3.8, 4) is 21.3 Å². The van der Waals surface area contributed by atoms with Crippen LogP contribution in [0.3, 0.4) is 0 Å². The molecule has 3 heterocycles. The van der Waals surface area contributed by atoms with Crippen molar-refractivity contribution in [2.24, 2.45) is 0 Å². The zero-order valence-electron chi connectivity index (χ0n) is 15.9. The zero-order valence-corrected chi connectivity index (χ0v) is 17.5. The third-order valence-corrected chi connectivity index (χ3v) is 6.19. The summed E-state index contributed by atoms with van der Waals surface area (Å²) in [7, 11) is 0. The monoisotopic (exact) mass is 439 g/mol. The summed E-state index contributed by atoms with van der Waals surface area (Å²) >= 11 is 2.79. The number of aromatic nitrogens is 3. The molecule has 3 aromatic heterocycles. The molecule has 8 nitrogen and oxygen atoms in total. The summed E-state index contributed by atoms with van der Waals surface area (Å²) in [6, 6.07) is 13.4. The normalized spacial score (nSPS) is 10.7. The molecule has 0 aliphatic rings. The number of nitrogens with zero attached hydrogens (tertiary/aromatic N) is 3. The van der Waals surface area contributed by atoms with Crippen LogP contribution in [0.2, 0.25) is 0 Å². The number of thiazole rings is 1. The lowest BCUT2D eigenvalue weighted by atomic mass is 10.2. The topological polar surface area (TPSA) is 110 Å². The highest BCUT2D eigenvalue weighted by Crippen LogP contribution is 2.27. The molecular weight excluding hydrogens is 422 g/mol. The van der Waals surface area contributed by atoms with Gasteiger partial charge in [-0.2, -0.15) is 4.98 Å². The van der Waals surface area contributed by atoms with Crippen molar-refractivity contribution >= 4 is 34.5 Å². The maximum atomic E-state index is 12.4. The van der Waals surface area contributed by atoms with Gasteiger partial charge in [-0.1, -0.05) is 41.6 Å². The van der Waals surface area contributed by atoms with Crippen LogP contribution in [0.4, 0.5) is 0 Å². The van der Waals surface area contributed by atoms with E-state index in [-0.39, 0.29) is 18.7 Å². The minimum Gasteiger partial charge on any atom is -0.339 e. The molecule has 2 amide bonds. The van der Waals surface area contributed by atoms with E-state index in [1.807, 2.05) is 47.8 Å². The number of benzene rings is 1. The van der Waals surface area contributed by atoms with Gasteiger partial charge in [0, 0.05) is 18.4 Å². The van der Waals surface area contributed by atoms with Crippen molar-refractivity contribution in [1.82, 2.24) is 26.0 Å². The van der Waals surface area contributed by atoms with E-state index in [2.05, 4.69) is 26.0 Å². The molecule has 4 rings (SSSR count). The molecule has 0 saturated carbocycles.